The molecule has 0 atom stereocenters. The van der Waals surface area contributed by atoms with Crippen LogP contribution in [-0.4, -0.2) is 33.9 Å². The molecule has 82 valence electrons. The van der Waals surface area contributed by atoms with Crippen molar-refractivity contribution >= 4 is 5.78 Å². The number of ketones is 1. The van der Waals surface area contributed by atoms with Crippen molar-refractivity contribution in [3.63, 3.8) is 0 Å². The molecule has 0 aromatic carbocycles. The Balaban J connectivity index is 1.94. The van der Waals surface area contributed by atoms with Gasteiger partial charge in [0.1, 0.15) is 5.69 Å². The van der Waals surface area contributed by atoms with Gasteiger partial charge in [0, 0.05) is 13.5 Å². The molecule has 0 radical (unpaired) electrons. The minimum atomic E-state index is 0.161. The van der Waals surface area contributed by atoms with Crippen LogP contribution in [0.1, 0.15) is 29.8 Å². The van der Waals surface area contributed by atoms with Gasteiger partial charge in [-0.2, -0.15) is 0 Å². The topological polar surface area (TPSA) is 59.8 Å². The maximum atomic E-state index is 11.9. The molecule has 1 aliphatic heterocycles. The van der Waals surface area contributed by atoms with E-state index in [1.165, 1.54) is 0 Å². The lowest BCUT2D eigenvalue weighted by Crippen LogP contribution is -2.29. The SMILES string of the molecule is Cn1nncc1C(=O)CC1CCNCC1. The number of piperidine rings is 1. The highest BCUT2D eigenvalue weighted by Gasteiger charge is 2.19. The van der Waals surface area contributed by atoms with Crippen molar-refractivity contribution in [2.24, 2.45) is 13.0 Å². The van der Waals surface area contributed by atoms with E-state index >= 15 is 0 Å². The summed E-state index contributed by atoms with van der Waals surface area (Å²) < 4.78 is 1.55. The van der Waals surface area contributed by atoms with Crippen molar-refractivity contribution in [2.75, 3.05) is 13.1 Å². The van der Waals surface area contributed by atoms with Gasteiger partial charge in [-0.05, 0) is 31.8 Å². The third kappa shape index (κ3) is 2.41. The maximum absolute atomic E-state index is 11.9. The van der Waals surface area contributed by atoms with Crippen LogP contribution in [0.4, 0.5) is 0 Å². The van der Waals surface area contributed by atoms with Gasteiger partial charge in [-0.3, -0.25) is 4.79 Å². The minimum absolute atomic E-state index is 0.161. The molecule has 5 nitrogen and oxygen atoms in total. The number of Topliss-reactive ketones (excluding diaryl/α,β-unsaturated/α-hetero) is 1. The zero-order valence-corrected chi connectivity index (χ0v) is 8.94. The number of nitrogens with one attached hydrogen (secondary N) is 1. The van der Waals surface area contributed by atoms with Gasteiger partial charge in [0.15, 0.2) is 5.78 Å². The molecule has 1 aromatic rings. The van der Waals surface area contributed by atoms with Gasteiger partial charge in [-0.15, -0.1) is 5.10 Å². The Kier molecular flexibility index (Phi) is 3.11. The molecule has 1 saturated heterocycles. The third-order valence-corrected chi connectivity index (χ3v) is 2.93. The van der Waals surface area contributed by atoms with Crippen LogP contribution in [0.2, 0.25) is 0 Å². The Morgan fingerprint density at radius 3 is 2.93 bits per heavy atom. The molecule has 15 heavy (non-hydrogen) atoms. The quantitative estimate of drug-likeness (QED) is 0.730. The zero-order valence-electron chi connectivity index (χ0n) is 8.94. The molecule has 1 aromatic heterocycles. The average molecular weight is 208 g/mol. The van der Waals surface area contributed by atoms with Crippen molar-refractivity contribution in [3.05, 3.63) is 11.9 Å². The second kappa shape index (κ2) is 4.53. The second-order valence-electron chi connectivity index (χ2n) is 4.06. The lowest BCUT2D eigenvalue weighted by atomic mass is 9.92. The van der Waals surface area contributed by atoms with Crippen LogP contribution >= 0.6 is 0 Å². The summed E-state index contributed by atoms with van der Waals surface area (Å²) >= 11 is 0. The zero-order chi connectivity index (χ0) is 10.7. The number of carbonyl (C=O) groups excluding carboxylic acids is 1. The highest BCUT2D eigenvalue weighted by atomic mass is 16.1. The first-order valence-electron chi connectivity index (χ1n) is 5.36. The molecule has 0 unspecified atom stereocenters. The van der Waals surface area contributed by atoms with E-state index in [0.29, 0.717) is 18.0 Å². The van der Waals surface area contributed by atoms with Crippen molar-refractivity contribution in [1.82, 2.24) is 20.3 Å². The van der Waals surface area contributed by atoms with Gasteiger partial charge < -0.3 is 5.32 Å². The highest BCUT2D eigenvalue weighted by Crippen LogP contribution is 2.18. The molecule has 5 heteroatoms. The number of aryl methyl sites for hydroxylation is 1. The van der Waals surface area contributed by atoms with Crippen LogP contribution in [-0.2, 0) is 7.05 Å². The van der Waals surface area contributed by atoms with Gasteiger partial charge in [-0.25, -0.2) is 4.68 Å². The van der Waals surface area contributed by atoms with E-state index in [0.717, 1.165) is 25.9 Å². The number of rotatable bonds is 3. The molecule has 1 aliphatic rings. The van der Waals surface area contributed by atoms with Crippen molar-refractivity contribution in [1.29, 1.82) is 0 Å². The van der Waals surface area contributed by atoms with Crippen molar-refractivity contribution in [2.45, 2.75) is 19.3 Å². The standard InChI is InChI=1S/C10H16N4O/c1-14-9(7-12-13-14)10(15)6-8-2-4-11-5-3-8/h7-8,11H,2-6H2,1H3. The molecule has 0 bridgehead atoms. The molecular formula is C10H16N4O. The molecular weight excluding hydrogens is 192 g/mol. The highest BCUT2D eigenvalue weighted by molar-refractivity contribution is 5.94. The Labute approximate surface area is 88.9 Å². The molecule has 2 heterocycles. The fraction of sp³-hybridized carbons (Fsp3) is 0.700. The van der Waals surface area contributed by atoms with E-state index in [1.807, 2.05) is 0 Å². The predicted molar refractivity (Wildman–Crippen MR) is 55.5 cm³/mol. The summed E-state index contributed by atoms with van der Waals surface area (Å²) in [4.78, 5) is 11.9. The van der Waals surface area contributed by atoms with Gasteiger partial charge in [0.25, 0.3) is 0 Å². The van der Waals surface area contributed by atoms with E-state index in [1.54, 1.807) is 17.9 Å². The number of hydrogen-bond acceptors (Lipinski definition) is 4. The molecule has 1 N–H and O–H groups in total. The molecule has 0 saturated carbocycles. The molecule has 2 rings (SSSR count). The first-order valence-corrected chi connectivity index (χ1v) is 5.36. The van der Waals surface area contributed by atoms with Gasteiger partial charge in [-0.1, -0.05) is 5.21 Å². The third-order valence-electron chi connectivity index (χ3n) is 2.93. The Bertz CT molecular complexity index is 341. The van der Waals surface area contributed by atoms with E-state index < -0.39 is 0 Å². The Morgan fingerprint density at radius 1 is 1.60 bits per heavy atom. The van der Waals surface area contributed by atoms with E-state index in [4.69, 9.17) is 0 Å². The number of carbonyl (C=O) groups is 1. The van der Waals surface area contributed by atoms with Gasteiger partial charge in [0.2, 0.25) is 0 Å². The lowest BCUT2D eigenvalue weighted by molar-refractivity contribution is 0.0943. The molecule has 0 spiro atoms. The monoisotopic (exact) mass is 208 g/mol. The largest absolute Gasteiger partial charge is 0.317 e. The summed E-state index contributed by atoms with van der Waals surface area (Å²) in [5.74, 6) is 0.683. The summed E-state index contributed by atoms with van der Waals surface area (Å²) in [5.41, 5.74) is 0.619. The predicted octanol–water partition coefficient (Wildman–Crippen LogP) is 0.388. The first-order chi connectivity index (χ1) is 7.27. The van der Waals surface area contributed by atoms with Gasteiger partial charge >= 0.3 is 0 Å². The van der Waals surface area contributed by atoms with Crippen LogP contribution in [0.25, 0.3) is 0 Å². The van der Waals surface area contributed by atoms with Gasteiger partial charge in [0.05, 0.1) is 6.20 Å². The summed E-state index contributed by atoms with van der Waals surface area (Å²) in [6, 6.07) is 0. The fourth-order valence-corrected chi connectivity index (χ4v) is 1.99. The van der Waals surface area contributed by atoms with Crippen LogP contribution in [0.15, 0.2) is 6.20 Å². The van der Waals surface area contributed by atoms with Crippen molar-refractivity contribution in [3.8, 4) is 0 Å². The maximum Gasteiger partial charge on any atom is 0.182 e. The number of hydrogen-bond donors (Lipinski definition) is 1. The summed E-state index contributed by atoms with van der Waals surface area (Å²) in [6.07, 6.45) is 4.36. The van der Waals surface area contributed by atoms with Crippen LogP contribution in [0, 0.1) is 5.92 Å². The molecule has 1 fully saturated rings. The fourth-order valence-electron chi connectivity index (χ4n) is 1.99. The number of aromatic nitrogens is 3. The van der Waals surface area contributed by atoms with Crippen LogP contribution in [0.3, 0.4) is 0 Å². The lowest BCUT2D eigenvalue weighted by Gasteiger charge is -2.21. The second-order valence-corrected chi connectivity index (χ2v) is 4.06. The van der Waals surface area contributed by atoms with E-state index in [2.05, 4.69) is 15.6 Å². The average Bonchev–Trinajstić information content (AvgIpc) is 2.66. The normalized spacial score (nSPS) is 17.9. The van der Waals surface area contributed by atoms with Crippen molar-refractivity contribution < 1.29 is 4.79 Å². The Hall–Kier alpha value is -1.23. The molecule has 0 aliphatic carbocycles. The smallest absolute Gasteiger partial charge is 0.182 e. The summed E-state index contributed by atoms with van der Waals surface area (Å²) in [6.45, 7) is 2.06. The van der Waals surface area contributed by atoms with E-state index in [-0.39, 0.29) is 5.78 Å². The molecule has 0 amide bonds. The summed E-state index contributed by atoms with van der Waals surface area (Å²) in [5, 5.41) is 10.8. The van der Waals surface area contributed by atoms with Crippen LogP contribution < -0.4 is 5.32 Å². The summed E-state index contributed by atoms with van der Waals surface area (Å²) in [7, 11) is 1.75. The Morgan fingerprint density at radius 2 is 2.33 bits per heavy atom. The van der Waals surface area contributed by atoms with Crippen LogP contribution in [0.5, 0.6) is 0 Å². The van der Waals surface area contributed by atoms with E-state index in [9.17, 15) is 4.79 Å². The minimum Gasteiger partial charge on any atom is -0.317 e. The first kappa shape index (κ1) is 10.3. The number of nitrogens with zero attached hydrogens (tertiary/aromatic N) is 3.